The quantitative estimate of drug-likeness (QED) is 0.935. The van der Waals surface area contributed by atoms with Gasteiger partial charge >= 0.3 is 0 Å². The van der Waals surface area contributed by atoms with E-state index >= 15 is 0 Å². The molecule has 3 rings (SSSR count). The Labute approximate surface area is 129 Å². The van der Waals surface area contributed by atoms with E-state index in [4.69, 9.17) is 4.42 Å². The summed E-state index contributed by atoms with van der Waals surface area (Å²) in [5.41, 5.74) is 1.51. The van der Waals surface area contributed by atoms with Crippen LogP contribution >= 0.6 is 0 Å². The number of aryl methyl sites for hydroxylation is 1. The van der Waals surface area contributed by atoms with Crippen LogP contribution in [0, 0.1) is 12.8 Å². The molecular weight excluding hydrogens is 280 g/mol. The van der Waals surface area contributed by atoms with E-state index < -0.39 is 0 Å². The van der Waals surface area contributed by atoms with Crippen LogP contribution in [0.3, 0.4) is 0 Å². The third-order valence-electron chi connectivity index (χ3n) is 4.02. The number of rotatable bonds is 4. The topological polar surface area (TPSA) is 71.3 Å². The summed E-state index contributed by atoms with van der Waals surface area (Å²) < 4.78 is 4.92. The van der Waals surface area contributed by atoms with E-state index in [1.165, 1.54) is 12.5 Å². The van der Waals surface area contributed by atoms with Gasteiger partial charge in [-0.05, 0) is 31.7 Å². The smallest absolute Gasteiger partial charge is 0.254 e. The van der Waals surface area contributed by atoms with Crippen LogP contribution < -0.4 is 10.2 Å². The molecule has 0 atom stereocenters. The van der Waals surface area contributed by atoms with Gasteiger partial charge in [-0.25, -0.2) is 4.98 Å². The van der Waals surface area contributed by atoms with Crippen molar-refractivity contribution in [3.8, 4) is 0 Å². The Kier molecular flexibility index (Phi) is 4.37. The van der Waals surface area contributed by atoms with Crippen LogP contribution in [0.1, 0.15) is 28.9 Å². The van der Waals surface area contributed by atoms with Crippen molar-refractivity contribution in [2.45, 2.75) is 19.8 Å². The average Bonchev–Trinajstić information content (AvgIpc) is 3.08. The Morgan fingerprint density at radius 1 is 1.41 bits per heavy atom. The van der Waals surface area contributed by atoms with Crippen molar-refractivity contribution in [3.05, 3.63) is 42.2 Å². The molecule has 0 spiro atoms. The van der Waals surface area contributed by atoms with Crippen molar-refractivity contribution in [2.24, 2.45) is 5.92 Å². The molecule has 0 radical (unpaired) electrons. The highest BCUT2D eigenvalue weighted by atomic mass is 16.3. The lowest BCUT2D eigenvalue weighted by atomic mass is 9.96. The van der Waals surface area contributed by atoms with Gasteiger partial charge in [0.05, 0.1) is 23.7 Å². The molecule has 0 saturated carbocycles. The number of hydrogen-bond acceptors (Lipinski definition) is 5. The zero-order valence-corrected chi connectivity index (χ0v) is 12.7. The van der Waals surface area contributed by atoms with E-state index in [0.29, 0.717) is 18.0 Å². The second kappa shape index (κ2) is 6.60. The van der Waals surface area contributed by atoms with Crippen molar-refractivity contribution in [1.82, 2.24) is 15.3 Å². The molecule has 2 aromatic heterocycles. The van der Waals surface area contributed by atoms with E-state index in [1.807, 2.05) is 13.1 Å². The third kappa shape index (κ3) is 3.44. The highest BCUT2D eigenvalue weighted by Gasteiger charge is 2.21. The Morgan fingerprint density at radius 2 is 2.23 bits per heavy atom. The first-order valence-electron chi connectivity index (χ1n) is 7.56. The first-order valence-corrected chi connectivity index (χ1v) is 7.56. The number of nitrogens with zero attached hydrogens (tertiary/aromatic N) is 3. The van der Waals surface area contributed by atoms with Crippen LogP contribution in [-0.2, 0) is 0 Å². The summed E-state index contributed by atoms with van der Waals surface area (Å²) in [5, 5.41) is 2.97. The molecule has 1 amide bonds. The summed E-state index contributed by atoms with van der Waals surface area (Å²) in [6.07, 6.45) is 8.64. The van der Waals surface area contributed by atoms with Crippen LogP contribution in [0.15, 0.2) is 35.4 Å². The Balaban J connectivity index is 1.47. The minimum Gasteiger partial charge on any atom is -0.472 e. The molecule has 0 aromatic carbocycles. The first kappa shape index (κ1) is 14.6. The van der Waals surface area contributed by atoms with Gasteiger partial charge in [-0.3, -0.25) is 9.78 Å². The highest BCUT2D eigenvalue weighted by molar-refractivity contribution is 5.93. The molecule has 22 heavy (non-hydrogen) atoms. The average molecular weight is 300 g/mol. The van der Waals surface area contributed by atoms with Crippen molar-refractivity contribution < 1.29 is 9.21 Å². The van der Waals surface area contributed by atoms with Gasteiger partial charge in [0.15, 0.2) is 0 Å². The number of nitrogens with one attached hydrogen (secondary N) is 1. The Hall–Kier alpha value is -2.37. The van der Waals surface area contributed by atoms with Crippen molar-refractivity contribution in [1.29, 1.82) is 0 Å². The molecular formula is C16H20N4O2. The molecule has 1 saturated heterocycles. The molecule has 0 aliphatic carbocycles. The number of carbonyl (C=O) groups is 1. The molecule has 2 aromatic rings. The Bertz CT molecular complexity index is 619. The van der Waals surface area contributed by atoms with Crippen molar-refractivity contribution in [3.63, 3.8) is 0 Å². The SMILES string of the molecule is Cc1cncc(N2CCC(CNC(=O)c3ccoc3)CC2)n1. The largest absolute Gasteiger partial charge is 0.472 e. The predicted molar refractivity (Wildman–Crippen MR) is 82.7 cm³/mol. The number of amides is 1. The maximum atomic E-state index is 11.9. The first-order chi connectivity index (χ1) is 10.7. The van der Waals surface area contributed by atoms with Gasteiger partial charge in [0.25, 0.3) is 5.91 Å². The van der Waals surface area contributed by atoms with Gasteiger partial charge in [-0.15, -0.1) is 0 Å². The van der Waals surface area contributed by atoms with E-state index in [9.17, 15) is 4.79 Å². The number of piperidine rings is 1. The normalized spacial score (nSPS) is 15.8. The second-order valence-corrected chi connectivity index (χ2v) is 5.67. The molecule has 1 aliphatic rings. The molecule has 6 heteroatoms. The van der Waals surface area contributed by atoms with Crippen LogP contribution in [0.4, 0.5) is 5.82 Å². The molecule has 116 valence electrons. The molecule has 3 heterocycles. The zero-order valence-electron chi connectivity index (χ0n) is 12.7. The van der Waals surface area contributed by atoms with Crippen LogP contribution in [-0.4, -0.2) is 35.5 Å². The zero-order chi connectivity index (χ0) is 15.4. The lowest BCUT2D eigenvalue weighted by molar-refractivity contribution is 0.0944. The molecule has 6 nitrogen and oxygen atoms in total. The Morgan fingerprint density at radius 3 is 2.91 bits per heavy atom. The lowest BCUT2D eigenvalue weighted by Crippen LogP contribution is -2.39. The van der Waals surface area contributed by atoms with Gasteiger partial charge in [0.1, 0.15) is 12.1 Å². The van der Waals surface area contributed by atoms with Crippen molar-refractivity contribution >= 4 is 11.7 Å². The molecule has 1 fully saturated rings. The molecule has 1 aliphatic heterocycles. The number of aromatic nitrogens is 2. The maximum Gasteiger partial charge on any atom is 0.254 e. The van der Waals surface area contributed by atoms with E-state index in [1.54, 1.807) is 12.3 Å². The van der Waals surface area contributed by atoms with Gasteiger partial charge in [-0.2, -0.15) is 0 Å². The summed E-state index contributed by atoms with van der Waals surface area (Å²) in [6.45, 7) is 4.56. The fourth-order valence-electron chi connectivity index (χ4n) is 2.70. The summed E-state index contributed by atoms with van der Waals surface area (Å²) in [4.78, 5) is 22.8. The highest BCUT2D eigenvalue weighted by Crippen LogP contribution is 2.21. The van der Waals surface area contributed by atoms with E-state index in [0.717, 1.165) is 37.4 Å². The summed E-state index contributed by atoms with van der Waals surface area (Å²) in [5.74, 6) is 1.38. The van der Waals surface area contributed by atoms with Gasteiger partial charge in [0.2, 0.25) is 0 Å². The number of anilines is 1. The van der Waals surface area contributed by atoms with E-state index in [2.05, 4.69) is 20.2 Å². The maximum absolute atomic E-state index is 11.9. The molecule has 1 N–H and O–H groups in total. The fraction of sp³-hybridized carbons (Fsp3) is 0.438. The van der Waals surface area contributed by atoms with Crippen LogP contribution in [0.25, 0.3) is 0 Å². The van der Waals surface area contributed by atoms with E-state index in [-0.39, 0.29) is 5.91 Å². The number of carbonyl (C=O) groups excluding carboxylic acids is 1. The second-order valence-electron chi connectivity index (χ2n) is 5.67. The van der Waals surface area contributed by atoms with Gasteiger partial charge < -0.3 is 14.6 Å². The van der Waals surface area contributed by atoms with Gasteiger partial charge in [-0.1, -0.05) is 0 Å². The van der Waals surface area contributed by atoms with Crippen molar-refractivity contribution in [2.75, 3.05) is 24.5 Å². The summed E-state index contributed by atoms with van der Waals surface area (Å²) in [6, 6.07) is 1.67. The third-order valence-corrected chi connectivity index (χ3v) is 4.02. The van der Waals surface area contributed by atoms with Crippen LogP contribution in [0.5, 0.6) is 0 Å². The number of furan rings is 1. The fourth-order valence-corrected chi connectivity index (χ4v) is 2.70. The number of hydrogen-bond donors (Lipinski definition) is 1. The lowest BCUT2D eigenvalue weighted by Gasteiger charge is -2.32. The molecule has 0 bridgehead atoms. The standard InChI is InChI=1S/C16H20N4O2/c1-12-8-17-10-15(19-12)20-5-2-13(3-6-20)9-18-16(21)14-4-7-22-11-14/h4,7-8,10-11,13H,2-3,5-6,9H2,1H3,(H,18,21). The van der Waals surface area contributed by atoms with Gasteiger partial charge in [0, 0.05) is 25.8 Å². The van der Waals surface area contributed by atoms with Crippen LogP contribution in [0.2, 0.25) is 0 Å². The minimum absolute atomic E-state index is 0.0688. The molecule has 0 unspecified atom stereocenters. The summed E-state index contributed by atoms with van der Waals surface area (Å²) >= 11 is 0. The minimum atomic E-state index is -0.0688. The summed E-state index contributed by atoms with van der Waals surface area (Å²) in [7, 11) is 0. The monoisotopic (exact) mass is 300 g/mol. The predicted octanol–water partition coefficient (Wildman–Crippen LogP) is 2.02.